The fourth-order valence-electron chi connectivity index (χ4n) is 2.40. The standard InChI is InChI=1S/C17H12ClN3O4/c1-25-17(22)11-2-4-12(5-3-11)20-10-19-9-16(20)14-8-13(21(23)24)6-7-15(14)18/h2-10H,1H3. The summed E-state index contributed by atoms with van der Waals surface area (Å²) < 4.78 is 6.40. The second-order valence-corrected chi connectivity index (χ2v) is 5.52. The largest absolute Gasteiger partial charge is 0.465 e. The summed E-state index contributed by atoms with van der Waals surface area (Å²) in [5.41, 5.74) is 2.17. The highest BCUT2D eigenvalue weighted by molar-refractivity contribution is 6.33. The molecule has 0 saturated carbocycles. The molecule has 0 bridgehead atoms. The average molecular weight is 358 g/mol. The Balaban J connectivity index is 2.06. The number of hydrogen-bond donors (Lipinski definition) is 0. The van der Waals surface area contributed by atoms with Gasteiger partial charge in [0.1, 0.15) is 0 Å². The maximum absolute atomic E-state index is 11.5. The summed E-state index contributed by atoms with van der Waals surface area (Å²) in [5, 5.41) is 11.4. The van der Waals surface area contributed by atoms with Crippen molar-refractivity contribution in [1.29, 1.82) is 0 Å². The van der Waals surface area contributed by atoms with Crippen molar-refractivity contribution < 1.29 is 14.5 Å². The average Bonchev–Trinajstić information content (AvgIpc) is 3.10. The van der Waals surface area contributed by atoms with Gasteiger partial charge in [-0.25, -0.2) is 9.78 Å². The summed E-state index contributed by atoms with van der Waals surface area (Å²) in [4.78, 5) is 26.2. The van der Waals surface area contributed by atoms with Gasteiger partial charge in [0.15, 0.2) is 0 Å². The van der Waals surface area contributed by atoms with Crippen LogP contribution in [0.3, 0.4) is 0 Å². The van der Waals surface area contributed by atoms with E-state index in [4.69, 9.17) is 11.6 Å². The Kier molecular flexibility index (Phi) is 4.49. The number of carbonyl (C=O) groups is 1. The van der Waals surface area contributed by atoms with Crippen LogP contribution >= 0.6 is 11.6 Å². The minimum Gasteiger partial charge on any atom is -0.465 e. The molecule has 0 spiro atoms. The molecule has 126 valence electrons. The highest BCUT2D eigenvalue weighted by atomic mass is 35.5. The topological polar surface area (TPSA) is 87.3 Å². The van der Waals surface area contributed by atoms with E-state index in [0.29, 0.717) is 21.8 Å². The number of rotatable bonds is 4. The summed E-state index contributed by atoms with van der Waals surface area (Å²) in [7, 11) is 1.31. The van der Waals surface area contributed by atoms with E-state index in [1.807, 2.05) is 0 Å². The highest BCUT2D eigenvalue weighted by Gasteiger charge is 2.15. The van der Waals surface area contributed by atoms with Crippen molar-refractivity contribution in [1.82, 2.24) is 9.55 Å². The molecule has 8 heteroatoms. The Morgan fingerprint density at radius 2 is 1.96 bits per heavy atom. The molecule has 0 fully saturated rings. The molecule has 0 N–H and O–H groups in total. The van der Waals surface area contributed by atoms with Crippen molar-refractivity contribution in [3.8, 4) is 16.9 Å². The van der Waals surface area contributed by atoms with Gasteiger partial charge in [-0.2, -0.15) is 0 Å². The van der Waals surface area contributed by atoms with E-state index in [9.17, 15) is 14.9 Å². The summed E-state index contributed by atoms with van der Waals surface area (Å²) in [6.07, 6.45) is 3.14. The van der Waals surface area contributed by atoms with Crippen LogP contribution in [0.25, 0.3) is 16.9 Å². The van der Waals surface area contributed by atoms with Gasteiger partial charge in [0.05, 0.1) is 40.8 Å². The number of benzene rings is 2. The third-order valence-corrected chi connectivity index (χ3v) is 3.97. The first-order valence-corrected chi connectivity index (χ1v) is 7.54. The molecule has 7 nitrogen and oxygen atoms in total. The number of imidazole rings is 1. The lowest BCUT2D eigenvalue weighted by molar-refractivity contribution is -0.384. The molecule has 0 aliphatic rings. The number of methoxy groups -OCH3 is 1. The Labute approximate surface area is 147 Å². The molecule has 0 aliphatic carbocycles. The quantitative estimate of drug-likeness (QED) is 0.401. The second kappa shape index (κ2) is 6.74. The van der Waals surface area contributed by atoms with Gasteiger partial charge in [0.25, 0.3) is 5.69 Å². The van der Waals surface area contributed by atoms with Gasteiger partial charge in [-0.1, -0.05) is 11.6 Å². The number of hydrogen-bond acceptors (Lipinski definition) is 5. The summed E-state index contributed by atoms with van der Waals surface area (Å²) >= 11 is 6.21. The van der Waals surface area contributed by atoms with E-state index < -0.39 is 10.9 Å². The van der Waals surface area contributed by atoms with Crippen molar-refractivity contribution in [3.05, 3.63) is 75.7 Å². The monoisotopic (exact) mass is 357 g/mol. The van der Waals surface area contributed by atoms with E-state index >= 15 is 0 Å². The van der Waals surface area contributed by atoms with Crippen LogP contribution in [0, 0.1) is 10.1 Å². The molecule has 1 heterocycles. The van der Waals surface area contributed by atoms with Crippen LogP contribution < -0.4 is 0 Å². The van der Waals surface area contributed by atoms with Crippen LogP contribution in [0.4, 0.5) is 5.69 Å². The molecule has 0 amide bonds. The van der Waals surface area contributed by atoms with Gasteiger partial charge >= 0.3 is 5.97 Å². The van der Waals surface area contributed by atoms with E-state index in [2.05, 4.69) is 9.72 Å². The number of non-ortho nitro benzene ring substituents is 1. The number of carbonyl (C=O) groups excluding carboxylic acids is 1. The number of nitro benzene ring substituents is 1. The van der Waals surface area contributed by atoms with Gasteiger partial charge in [0.2, 0.25) is 0 Å². The molecule has 2 aromatic carbocycles. The van der Waals surface area contributed by atoms with E-state index in [1.165, 1.54) is 25.3 Å². The SMILES string of the molecule is COC(=O)c1ccc(-n2cncc2-c2cc([N+](=O)[O-])ccc2Cl)cc1. The zero-order valence-electron chi connectivity index (χ0n) is 13.0. The smallest absolute Gasteiger partial charge is 0.337 e. The number of nitro groups is 1. The molecule has 0 saturated heterocycles. The van der Waals surface area contributed by atoms with Crippen LogP contribution in [0.15, 0.2) is 55.0 Å². The van der Waals surface area contributed by atoms with E-state index in [-0.39, 0.29) is 5.69 Å². The van der Waals surface area contributed by atoms with Gasteiger partial charge in [-0.05, 0) is 30.3 Å². The first-order valence-electron chi connectivity index (χ1n) is 7.16. The van der Waals surface area contributed by atoms with Crippen LogP contribution in [0.5, 0.6) is 0 Å². The molecule has 0 unspecified atom stereocenters. The van der Waals surface area contributed by atoms with E-state index in [1.54, 1.807) is 41.4 Å². The maximum Gasteiger partial charge on any atom is 0.337 e. The Morgan fingerprint density at radius 1 is 1.24 bits per heavy atom. The lowest BCUT2D eigenvalue weighted by atomic mass is 10.1. The van der Waals surface area contributed by atoms with E-state index in [0.717, 1.165) is 5.69 Å². The Morgan fingerprint density at radius 3 is 2.60 bits per heavy atom. The summed E-state index contributed by atoms with van der Waals surface area (Å²) in [6, 6.07) is 10.9. The fraction of sp³-hybridized carbons (Fsp3) is 0.0588. The third kappa shape index (κ3) is 3.22. The zero-order valence-corrected chi connectivity index (χ0v) is 13.8. The van der Waals surface area contributed by atoms with Crippen molar-refractivity contribution >= 4 is 23.3 Å². The highest BCUT2D eigenvalue weighted by Crippen LogP contribution is 2.32. The molecule has 3 aromatic rings. The number of esters is 1. The second-order valence-electron chi connectivity index (χ2n) is 5.11. The molecule has 25 heavy (non-hydrogen) atoms. The Hall–Kier alpha value is -3.19. The Bertz CT molecular complexity index is 951. The molecule has 0 radical (unpaired) electrons. The molecular weight excluding hydrogens is 346 g/mol. The van der Waals surface area contributed by atoms with Gasteiger partial charge in [-0.3, -0.25) is 14.7 Å². The first kappa shape index (κ1) is 16.7. The minimum atomic E-state index is -0.480. The van der Waals surface area contributed by atoms with Gasteiger partial charge in [-0.15, -0.1) is 0 Å². The fourth-order valence-corrected chi connectivity index (χ4v) is 2.61. The minimum absolute atomic E-state index is 0.0619. The lowest BCUT2D eigenvalue weighted by Gasteiger charge is -2.10. The number of ether oxygens (including phenoxy) is 1. The van der Waals surface area contributed by atoms with Crippen molar-refractivity contribution in [3.63, 3.8) is 0 Å². The predicted octanol–water partition coefficient (Wildman–Crippen LogP) is 3.89. The van der Waals surface area contributed by atoms with Crippen LogP contribution in [-0.2, 0) is 4.74 Å². The first-order chi connectivity index (χ1) is 12.0. The van der Waals surface area contributed by atoms with Crippen LogP contribution in [0.2, 0.25) is 5.02 Å². The number of nitrogens with zero attached hydrogens (tertiary/aromatic N) is 3. The van der Waals surface area contributed by atoms with Crippen LogP contribution in [-0.4, -0.2) is 27.6 Å². The molecule has 0 atom stereocenters. The molecule has 3 rings (SSSR count). The number of aromatic nitrogens is 2. The zero-order chi connectivity index (χ0) is 18.0. The molecule has 0 aliphatic heterocycles. The van der Waals surface area contributed by atoms with Crippen molar-refractivity contribution in [2.45, 2.75) is 0 Å². The van der Waals surface area contributed by atoms with Crippen LogP contribution in [0.1, 0.15) is 10.4 Å². The predicted molar refractivity (Wildman–Crippen MR) is 92.0 cm³/mol. The summed E-state index contributed by atoms with van der Waals surface area (Å²) in [6.45, 7) is 0. The summed E-state index contributed by atoms with van der Waals surface area (Å²) in [5.74, 6) is -0.431. The van der Waals surface area contributed by atoms with Crippen molar-refractivity contribution in [2.24, 2.45) is 0 Å². The maximum atomic E-state index is 11.5. The van der Waals surface area contributed by atoms with Crippen molar-refractivity contribution in [2.75, 3.05) is 7.11 Å². The lowest BCUT2D eigenvalue weighted by Crippen LogP contribution is -2.02. The van der Waals surface area contributed by atoms with Gasteiger partial charge in [0, 0.05) is 23.4 Å². The number of halogens is 1. The van der Waals surface area contributed by atoms with Gasteiger partial charge < -0.3 is 4.74 Å². The normalized spacial score (nSPS) is 10.5. The third-order valence-electron chi connectivity index (χ3n) is 3.64. The molecular formula is C17H12ClN3O4. The molecule has 1 aromatic heterocycles.